The number of hydrogen-bond acceptors (Lipinski definition) is 6. The van der Waals surface area contributed by atoms with Gasteiger partial charge >= 0.3 is 6.03 Å². The van der Waals surface area contributed by atoms with Crippen molar-refractivity contribution in [3.8, 4) is 11.5 Å². The molecule has 0 bridgehead atoms. The molecule has 3 rings (SSSR count). The second kappa shape index (κ2) is 8.28. The molecule has 2 amide bonds. The number of aryl methyl sites for hydroxylation is 1. The molecule has 1 saturated heterocycles. The molecule has 2 atom stereocenters. The van der Waals surface area contributed by atoms with Gasteiger partial charge in [0.2, 0.25) is 5.89 Å². The molecule has 0 saturated carbocycles. The van der Waals surface area contributed by atoms with Crippen LogP contribution in [-0.2, 0) is 0 Å². The van der Waals surface area contributed by atoms with Crippen LogP contribution < -0.4 is 14.8 Å². The van der Waals surface area contributed by atoms with E-state index in [-0.39, 0.29) is 18.0 Å². The molecule has 1 N–H and O–H groups in total. The molecule has 146 valence electrons. The second-order valence-corrected chi connectivity index (χ2v) is 6.75. The molecular weight excluding hydrogens is 348 g/mol. The number of benzene rings is 1. The number of nitrogens with zero attached hydrogens (tertiary/aromatic N) is 3. The van der Waals surface area contributed by atoms with Gasteiger partial charge in [-0.15, -0.1) is 0 Å². The van der Waals surface area contributed by atoms with Crippen LogP contribution in [0.5, 0.6) is 11.5 Å². The highest BCUT2D eigenvalue weighted by atomic mass is 16.5. The average molecular weight is 374 g/mol. The Morgan fingerprint density at radius 1 is 1.33 bits per heavy atom. The zero-order chi connectivity index (χ0) is 19.4. The number of piperidine rings is 1. The van der Waals surface area contributed by atoms with E-state index in [1.807, 2.05) is 30.0 Å². The van der Waals surface area contributed by atoms with Crippen molar-refractivity contribution in [3.05, 3.63) is 35.5 Å². The summed E-state index contributed by atoms with van der Waals surface area (Å²) >= 11 is 0. The van der Waals surface area contributed by atoms with Crippen LogP contribution in [0.3, 0.4) is 0 Å². The lowest BCUT2D eigenvalue weighted by Gasteiger charge is -2.32. The van der Waals surface area contributed by atoms with Crippen LogP contribution in [0, 0.1) is 6.92 Å². The second-order valence-electron chi connectivity index (χ2n) is 6.75. The van der Waals surface area contributed by atoms with E-state index in [1.54, 1.807) is 21.1 Å². The van der Waals surface area contributed by atoms with Crippen molar-refractivity contribution in [1.29, 1.82) is 0 Å². The first-order valence-electron chi connectivity index (χ1n) is 9.09. The Balaban J connectivity index is 1.64. The Morgan fingerprint density at radius 3 is 2.78 bits per heavy atom. The van der Waals surface area contributed by atoms with Crippen LogP contribution in [0.2, 0.25) is 0 Å². The lowest BCUT2D eigenvalue weighted by Crippen LogP contribution is -2.45. The largest absolute Gasteiger partial charge is 0.493 e. The maximum Gasteiger partial charge on any atom is 0.317 e. The van der Waals surface area contributed by atoms with Gasteiger partial charge < -0.3 is 24.2 Å². The molecule has 1 fully saturated rings. The quantitative estimate of drug-likeness (QED) is 0.865. The monoisotopic (exact) mass is 374 g/mol. The smallest absolute Gasteiger partial charge is 0.317 e. The van der Waals surface area contributed by atoms with Gasteiger partial charge in [-0.3, -0.25) is 0 Å². The molecule has 2 heterocycles. The van der Waals surface area contributed by atoms with E-state index in [1.165, 1.54) is 0 Å². The fourth-order valence-electron chi connectivity index (χ4n) is 3.32. The highest BCUT2D eigenvalue weighted by Crippen LogP contribution is 2.30. The van der Waals surface area contributed by atoms with Gasteiger partial charge in [-0.1, -0.05) is 11.2 Å². The number of likely N-dealkylation sites (tertiary alicyclic amines) is 1. The highest BCUT2D eigenvalue weighted by molar-refractivity contribution is 5.75. The topological polar surface area (TPSA) is 89.7 Å². The zero-order valence-corrected chi connectivity index (χ0v) is 16.2. The zero-order valence-electron chi connectivity index (χ0n) is 16.2. The van der Waals surface area contributed by atoms with Crippen molar-refractivity contribution in [3.63, 3.8) is 0 Å². The number of urea groups is 1. The van der Waals surface area contributed by atoms with Gasteiger partial charge in [0, 0.05) is 13.1 Å². The van der Waals surface area contributed by atoms with E-state index in [0.717, 1.165) is 18.4 Å². The molecule has 0 unspecified atom stereocenters. The summed E-state index contributed by atoms with van der Waals surface area (Å²) in [6.45, 7) is 5.04. The standard InChI is InChI=1S/C19H26N4O4/c1-12(14-7-8-16(25-3)17(10-14)26-4)20-19(24)23-9-5-6-15(11-23)18-21-13(2)22-27-18/h7-8,10,12,15H,5-6,9,11H2,1-4H3,(H,20,24)/t12-,15-/m0/s1. The Hall–Kier alpha value is -2.77. The number of carbonyl (C=O) groups excluding carboxylic acids is 1. The van der Waals surface area contributed by atoms with E-state index in [9.17, 15) is 4.79 Å². The summed E-state index contributed by atoms with van der Waals surface area (Å²) in [6.07, 6.45) is 1.85. The molecule has 8 heteroatoms. The van der Waals surface area contributed by atoms with Crippen LogP contribution in [0.1, 0.15) is 49.0 Å². The number of rotatable bonds is 5. The summed E-state index contributed by atoms with van der Waals surface area (Å²) in [6, 6.07) is 5.38. The van der Waals surface area contributed by atoms with Crippen molar-refractivity contribution in [2.45, 2.75) is 38.6 Å². The van der Waals surface area contributed by atoms with Crippen molar-refractivity contribution >= 4 is 6.03 Å². The number of aromatic nitrogens is 2. The van der Waals surface area contributed by atoms with E-state index in [2.05, 4.69) is 15.5 Å². The molecule has 1 aromatic carbocycles. The molecule has 2 aromatic rings. The summed E-state index contributed by atoms with van der Waals surface area (Å²) in [7, 11) is 3.19. The number of ether oxygens (including phenoxy) is 2. The third-order valence-corrected chi connectivity index (χ3v) is 4.85. The van der Waals surface area contributed by atoms with E-state index in [4.69, 9.17) is 14.0 Å². The first-order valence-corrected chi connectivity index (χ1v) is 9.09. The lowest BCUT2D eigenvalue weighted by atomic mass is 9.98. The number of amides is 2. The van der Waals surface area contributed by atoms with Crippen molar-refractivity contribution in [2.75, 3.05) is 27.3 Å². The van der Waals surface area contributed by atoms with Gasteiger partial charge in [0.1, 0.15) is 0 Å². The Bertz CT molecular complexity index is 792. The minimum Gasteiger partial charge on any atom is -0.493 e. The molecule has 0 radical (unpaired) electrons. The van der Waals surface area contributed by atoms with E-state index in [0.29, 0.717) is 36.3 Å². The van der Waals surface area contributed by atoms with E-state index < -0.39 is 0 Å². The Kier molecular flexibility index (Phi) is 5.83. The minimum absolute atomic E-state index is 0.0853. The number of nitrogens with one attached hydrogen (secondary N) is 1. The first-order chi connectivity index (χ1) is 13.0. The highest BCUT2D eigenvalue weighted by Gasteiger charge is 2.29. The summed E-state index contributed by atoms with van der Waals surface area (Å²) < 4.78 is 15.9. The minimum atomic E-state index is -0.164. The van der Waals surface area contributed by atoms with Crippen LogP contribution in [-0.4, -0.2) is 48.4 Å². The predicted molar refractivity (Wildman–Crippen MR) is 99.1 cm³/mol. The van der Waals surface area contributed by atoms with Gasteiger partial charge in [-0.05, 0) is 44.4 Å². The number of methoxy groups -OCH3 is 2. The van der Waals surface area contributed by atoms with Gasteiger partial charge in [-0.2, -0.15) is 4.98 Å². The summed E-state index contributed by atoms with van der Waals surface area (Å²) in [5.74, 6) is 2.61. The van der Waals surface area contributed by atoms with Crippen molar-refractivity contribution in [2.24, 2.45) is 0 Å². The molecule has 0 spiro atoms. The van der Waals surface area contributed by atoms with Gasteiger partial charge in [-0.25, -0.2) is 4.79 Å². The molecule has 1 aromatic heterocycles. The van der Waals surface area contributed by atoms with Crippen LogP contribution in [0.4, 0.5) is 4.79 Å². The van der Waals surface area contributed by atoms with Crippen LogP contribution >= 0.6 is 0 Å². The Morgan fingerprint density at radius 2 is 2.11 bits per heavy atom. The fraction of sp³-hybridized carbons (Fsp3) is 0.526. The van der Waals surface area contributed by atoms with Gasteiger partial charge in [0.15, 0.2) is 17.3 Å². The molecule has 27 heavy (non-hydrogen) atoms. The fourth-order valence-corrected chi connectivity index (χ4v) is 3.32. The molecule has 0 aliphatic carbocycles. The van der Waals surface area contributed by atoms with Crippen molar-refractivity contribution in [1.82, 2.24) is 20.4 Å². The summed E-state index contributed by atoms with van der Waals surface area (Å²) in [5.41, 5.74) is 0.946. The molecule has 8 nitrogen and oxygen atoms in total. The molecular formula is C19H26N4O4. The van der Waals surface area contributed by atoms with Gasteiger partial charge in [0.25, 0.3) is 0 Å². The maximum atomic E-state index is 12.7. The third-order valence-electron chi connectivity index (χ3n) is 4.85. The maximum absolute atomic E-state index is 12.7. The normalized spacial score (nSPS) is 18.1. The predicted octanol–water partition coefficient (Wildman–Crippen LogP) is 3.05. The third kappa shape index (κ3) is 4.32. The van der Waals surface area contributed by atoms with E-state index >= 15 is 0 Å². The molecule has 1 aliphatic rings. The van der Waals surface area contributed by atoms with Crippen LogP contribution in [0.25, 0.3) is 0 Å². The average Bonchev–Trinajstić information content (AvgIpc) is 3.13. The molecule has 1 aliphatic heterocycles. The number of carbonyl (C=O) groups is 1. The van der Waals surface area contributed by atoms with Gasteiger partial charge in [0.05, 0.1) is 26.2 Å². The lowest BCUT2D eigenvalue weighted by molar-refractivity contribution is 0.169. The number of hydrogen-bond donors (Lipinski definition) is 1. The van der Waals surface area contributed by atoms with Crippen molar-refractivity contribution < 1.29 is 18.8 Å². The summed E-state index contributed by atoms with van der Waals surface area (Å²) in [5, 5.41) is 6.91. The Labute approximate surface area is 158 Å². The first kappa shape index (κ1) is 19.0. The summed E-state index contributed by atoms with van der Waals surface area (Å²) in [4.78, 5) is 18.9. The SMILES string of the molecule is COc1ccc([C@H](C)NC(=O)N2CCC[C@H](c3nc(C)no3)C2)cc1OC. The van der Waals surface area contributed by atoms with Crippen LogP contribution in [0.15, 0.2) is 22.7 Å².